The van der Waals surface area contributed by atoms with Gasteiger partial charge >= 0.3 is 12.1 Å². The highest BCUT2D eigenvalue weighted by molar-refractivity contribution is 6.16. The Morgan fingerprint density at radius 3 is 2.00 bits per heavy atom. The summed E-state index contributed by atoms with van der Waals surface area (Å²) >= 11 is 0. The molecule has 1 saturated heterocycles. The SMILES string of the molecule is C[C@@H](C[C@@]1(C(=O)OC(C)(C)C)CC(=O)N(C)C1=O)NC(=O)OC(C)(C)C. The van der Waals surface area contributed by atoms with E-state index in [9.17, 15) is 19.2 Å². The summed E-state index contributed by atoms with van der Waals surface area (Å²) in [7, 11) is 1.34. The van der Waals surface area contributed by atoms with Gasteiger partial charge in [-0.15, -0.1) is 0 Å². The molecule has 1 fully saturated rings. The molecule has 0 bridgehead atoms. The maximum atomic E-state index is 12.8. The molecule has 1 N–H and O–H groups in total. The van der Waals surface area contributed by atoms with Crippen molar-refractivity contribution >= 4 is 23.9 Å². The van der Waals surface area contributed by atoms with Crippen LogP contribution < -0.4 is 5.32 Å². The van der Waals surface area contributed by atoms with Crippen LogP contribution in [0.3, 0.4) is 0 Å². The van der Waals surface area contributed by atoms with Crippen molar-refractivity contribution in [3.8, 4) is 0 Å². The van der Waals surface area contributed by atoms with Crippen LogP contribution in [0, 0.1) is 5.41 Å². The Balaban J connectivity index is 3.01. The van der Waals surface area contributed by atoms with Gasteiger partial charge in [-0.2, -0.15) is 0 Å². The molecule has 0 spiro atoms. The number of hydrogen-bond donors (Lipinski definition) is 1. The number of ether oxygens (including phenoxy) is 2. The van der Waals surface area contributed by atoms with Crippen molar-refractivity contribution in [2.45, 2.75) is 78.6 Å². The number of carbonyl (C=O) groups is 4. The number of rotatable bonds is 4. The van der Waals surface area contributed by atoms with E-state index in [0.29, 0.717) is 0 Å². The second-order valence-electron chi connectivity index (χ2n) is 8.77. The molecule has 2 atom stereocenters. The van der Waals surface area contributed by atoms with Gasteiger partial charge in [0.25, 0.3) is 0 Å². The Morgan fingerprint density at radius 2 is 1.62 bits per heavy atom. The number of alkyl carbamates (subject to hydrolysis) is 1. The highest BCUT2D eigenvalue weighted by Gasteiger charge is 2.58. The highest BCUT2D eigenvalue weighted by atomic mass is 16.6. The number of carbonyl (C=O) groups excluding carboxylic acids is 4. The molecule has 8 nitrogen and oxygen atoms in total. The van der Waals surface area contributed by atoms with Crippen molar-refractivity contribution in [2.75, 3.05) is 7.05 Å². The van der Waals surface area contributed by atoms with Crippen molar-refractivity contribution < 1.29 is 28.7 Å². The summed E-state index contributed by atoms with van der Waals surface area (Å²) in [5.74, 6) is -1.83. The number of hydrogen-bond acceptors (Lipinski definition) is 6. The molecule has 0 aromatic carbocycles. The van der Waals surface area contributed by atoms with Crippen molar-refractivity contribution in [3.05, 3.63) is 0 Å². The van der Waals surface area contributed by atoms with E-state index in [4.69, 9.17) is 9.47 Å². The predicted octanol–water partition coefficient (Wildman–Crippen LogP) is 2.01. The summed E-state index contributed by atoms with van der Waals surface area (Å²) in [6.45, 7) is 11.9. The Labute approximate surface area is 154 Å². The number of nitrogens with one attached hydrogen (secondary N) is 1. The van der Waals surface area contributed by atoms with Crippen LogP contribution in [0.1, 0.15) is 61.3 Å². The van der Waals surface area contributed by atoms with Gasteiger partial charge < -0.3 is 14.8 Å². The fraction of sp³-hybridized carbons (Fsp3) is 0.778. The van der Waals surface area contributed by atoms with E-state index in [1.807, 2.05) is 0 Å². The van der Waals surface area contributed by atoms with Crippen molar-refractivity contribution in [2.24, 2.45) is 5.41 Å². The molecule has 1 aliphatic heterocycles. The van der Waals surface area contributed by atoms with Gasteiger partial charge in [0.1, 0.15) is 11.2 Å². The Kier molecular flexibility index (Phi) is 6.11. The average Bonchev–Trinajstić information content (AvgIpc) is 2.59. The molecule has 0 radical (unpaired) electrons. The lowest BCUT2D eigenvalue weighted by atomic mass is 9.80. The number of nitrogens with zero attached hydrogens (tertiary/aromatic N) is 1. The fourth-order valence-electron chi connectivity index (χ4n) is 2.75. The van der Waals surface area contributed by atoms with Crippen molar-refractivity contribution in [3.63, 3.8) is 0 Å². The van der Waals surface area contributed by atoms with Gasteiger partial charge in [-0.25, -0.2) is 4.79 Å². The minimum atomic E-state index is -1.65. The second kappa shape index (κ2) is 7.25. The first-order chi connectivity index (χ1) is 11.6. The minimum Gasteiger partial charge on any atom is -0.459 e. The third-order valence-electron chi connectivity index (χ3n) is 3.75. The summed E-state index contributed by atoms with van der Waals surface area (Å²) in [6, 6.07) is -0.583. The quantitative estimate of drug-likeness (QED) is 0.461. The van der Waals surface area contributed by atoms with Crippen LogP contribution in [-0.4, -0.2) is 53.1 Å². The molecular weight excluding hydrogens is 340 g/mol. The van der Waals surface area contributed by atoms with Crippen LogP contribution in [0.4, 0.5) is 4.79 Å². The van der Waals surface area contributed by atoms with Crippen LogP contribution in [-0.2, 0) is 23.9 Å². The third-order valence-corrected chi connectivity index (χ3v) is 3.75. The molecule has 0 unspecified atom stereocenters. The van der Waals surface area contributed by atoms with Crippen molar-refractivity contribution in [1.82, 2.24) is 10.2 Å². The first-order valence-electron chi connectivity index (χ1n) is 8.61. The average molecular weight is 370 g/mol. The Morgan fingerprint density at radius 1 is 1.12 bits per heavy atom. The lowest BCUT2D eigenvalue weighted by Crippen LogP contribution is -2.48. The van der Waals surface area contributed by atoms with E-state index >= 15 is 0 Å². The summed E-state index contributed by atoms with van der Waals surface area (Å²) in [5, 5.41) is 2.61. The molecule has 26 heavy (non-hydrogen) atoms. The Hall–Kier alpha value is -2.12. The number of amides is 3. The van der Waals surface area contributed by atoms with E-state index in [0.717, 1.165) is 4.90 Å². The highest BCUT2D eigenvalue weighted by Crippen LogP contribution is 2.39. The number of imide groups is 1. The molecule has 0 saturated carbocycles. The lowest BCUT2D eigenvalue weighted by molar-refractivity contribution is -0.171. The Bertz CT molecular complexity index is 602. The van der Waals surface area contributed by atoms with E-state index in [1.54, 1.807) is 48.5 Å². The normalized spacial score (nSPS) is 22.2. The molecule has 3 amide bonds. The van der Waals surface area contributed by atoms with Crippen molar-refractivity contribution in [1.29, 1.82) is 0 Å². The van der Waals surface area contributed by atoms with Crippen LogP contribution in [0.15, 0.2) is 0 Å². The van der Waals surface area contributed by atoms with E-state index in [2.05, 4.69) is 5.32 Å². The molecule has 1 aliphatic rings. The van der Waals surface area contributed by atoms with E-state index < -0.39 is 46.5 Å². The van der Waals surface area contributed by atoms with Gasteiger partial charge in [-0.05, 0) is 54.9 Å². The van der Waals surface area contributed by atoms with Gasteiger partial charge in [0, 0.05) is 13.1 Å². The first-order valence-corrected chi connectivity index (χ1v) is 8.61. The summed E-state index contributed by atoms with van der Waals surface area (Å²) in [4.78, 5) is 50.4. The molecule has 0 aromatic rings. The minimum absolute atomic E-state index is 0.0595. The zero-order chi connectivity index (χ0) is 20.5. The molecule has 0 aromatic heterocycles. The third kappa shape index (κ3) is 5.44. The molecule has 8 heteroatoms. The van der Waals surface area contributed by atoms with Gasteiger partial charge in [0.2, 0.25) is 11.8 Å². The summed E-state index contributed by atoms with van der Waals surface area (Å²) in [5.41, 5.74) is -3.13. The first kappa shape index (κ1) is 21.9. The van der Waals surface area contributed by atoms with Crippen LogP contribution in [0.5, 0.6) is 0 Å². The van der Waals surface area contributed by atoms with Crippen LogP contribution in [0.25, 0.3) is 0 Å². The zero-order valence-corrected chi connectivity index (χ0v) is 16.9. The van der Waals surface area contributed by atoms with Gasteiger partial charge in [-0.1, -0.05) is 0 Å². The largest absolute Gasteiger partial charge is 0.459 e. The molecular formula is C18H30N2O6. The topological polar surface area (TPSA) is 102 Å². The van der Waals surface area contributed by atoms with Gasteiger partial charge in [-0.3, -0.25) is 19.3 Å². The number of esters is 1. The second-order valence-corrected chi connectivity index (χ2v) is 8.77. The molecule has 148 valence electrons. The molecule has 1 rings (SSSR count). The van der Waals surface area contributed by atoms with Crippen LogP contribution >= 0.6 is 0 Å². The van der Waals surface area contributed by atoms with E-state index in [1.165, 1.54) is 7.05 Å². The van der Waals surface area contributed by atoms with E-state index in [-0.39, 0.29) is 12.8 Å². The van der Waals surface area contributed by atoms with Crippen LogP contribution in [0.2, 0.25) is 0 Å². The fourth-order valence-corrected chi connectivity index (χ4v) is 2.75. The zero-order valence-electron chi connectivity index (χ0n) is 16.9. The van der Waals surface area contributed by atoms with Gasteiger partial charge in [0.05, 0.1) is 6.42 Å². The number of likely N-dealkylation sites (tertiary alicyclic amines) is 1. The lowest BCUT2D eigenvalue weighted by Gasteiger charge is -2.31. The standard InChI is InChI=1S/C18H30N2O6/c1-11(19-15(24)26-17(5,6)7)9-18(14(23)25-16(2,3)4)10-12(21)20(8)13(18)22/h11H,9-10H2,1-8H3,(H,19,24)/t11-,18+/m0/s1. The molecule has 1 heterocycles. The monoisotopic (exact) mass is 370 g/mol. The smallest absolute Gasteiger partial charge is 0.407 e. The summed E-state index contributed by atoms with van der Waals surface area (Å²) in [6.07, 6.45) is -0.998. The predicted molar refractivity (Wildman–Crippen MR) is 94.1 cm³/mol. The maximum absolute atomic E-state index is 12.8. The summed E-state index contributed by atoms with van der Waals surface area (Å²) < 4.78 is 10.6. The maximum Gasteiger partial charge on any atom is 0.407 e. The van der Waals surface area contributed by atoms with Gasteiger partial charge in [0.15, 0.2) is 5.41 Å². The molecule has 0 aliphatic carbocycles.